The van der Waals surface area contributed by atoms with Gasteiger partial charge in [-0.2, -0.15) is 0 Å². The zero-order valence-corrected chi connectivity index (χ0v) is 14.4. The van der Waals surface area contributed by atoms with Crippen molar-refractivity contribution in [2.24, 2.45) is 5.92 Å². The quantitative estimate of drug-likeness (QED) is 0.787. The van der Waals surface area contributed by atoms with Crippen molar-refractivity contribution in [3.63, 3.8) is 0 Å². The molecule has 3 N–H and O–H groups in total. The highest BCUT2D eigenvalue weighted by molar-refractivity contribution is 5.80. The minimum absolute atomic E-state index is 0.0234. The number of hydrogen-bond donors (Lipinski definition) is 3. The minimum atomic E-state index is -0.0877. The van der Waals surface area contributed by atoms with E-state index in [4.69, 9.17) is 0 Å². The fraction of sp³-hybridized carbons (Fsp3) is 0.381. The van der Waals surface area contributed by atoms with Crippen LogP contribution >= 0.6 is 0 Å². The first-order valence-corrected chi connectivity index (χ1v) is 9.15. The largest absolute Gasteiger partial charge is 0.355 e. The molecular formula is C21H25N3O. The lowest BCUT2D eigenvalue weighted by Gasteiger charge is -2.43. The van der Waals surface area contributed by atoms with Gasteiger partial charge in [0.25, 0.3) is 0 Å². The molecule has 1 saturated carbocycles. The summed E-state index contributed by atoms with van der Waals surface area (Å²) in [5.74, 6) is 0.0452. The highest BCUT2D eigenvalue weighted by Crippen LogP contribution is 2.43. The number of amides is 1. The molecule has 0 aromatic heterocycles. The van der Waals surface area contributed by atoms with Crippen LogP contribution in [0.5, 0.6) is 0 Å². The van der Waals surface area contributed by atoms with E-state index < -0.39 is 0 Å². The third-order valence-corrected chi connectivity index (χ3v) is 5.78. The number of carbonyl (C=O) groups is 1. The molecule has 2 aliphatic rings. The summed E-state index contributed by atoms with van der Waals surface area (Å²) in [4.78, 5) is 12.9. The highest BCUT2D eigenvalue weighted by atomic mass is 16.2. The Balaban J connectivity index is 1.43. The van der Waals surface area contributed by atoms with Crippen molar-refractivity contribution in [3.05, 3.63) is 71.8 Å². The highest BCUT2D eigenvalue weighted by Gasteiger charge is 2.40. The molecule has 2 atom stereocenters. The van der Waals surface area contributed by atoms with E-state index in [2.05, 4.69) is 58.6 Å². The topological polar surface area (TPSA) is 53.2 Å². The lowest BCUT2D eigenvalue weighted by molar-refractivity contribution is -0.125. The van der Waals surface area contributed by atoms with Gasteiger partial charge < -0.3 is 5.32 Å². The van der Waals surface area contributed by atoms with E-state index in [1.807, 2.05) is 18.2 Å². The molecule has 2 unspecified atom stereocenters. The molecule has 1 heterocycles. The molecule has 25 heavy (non-hydrogen) atoms. The number of rotatable bonds is 5. The van der Waals surface area contributed by atoms with E-state index in [0.717, 1.165) is 24.9 Å². The molecule has 1 aliphatic carbocycles. The molecule has 1 amide bonds. The van der Waals surface area contributed by atoms with E-state index in [1.165, 1.54) is 12.0 Å². The molecule has 2 fully saturated rings. The molecule has 4 heteroatoms. The van der Waals surface area contributed by atoms with Gasteiger partial charge in [-0.05, 0) is 24.0 Å². The lowest BCUT2D eigenvalue weighted by atomic mass is 9.64. The summed E-state index contributed by atoms with van der Waals surface area (Å²) >= 11 is 0. The Morgan fingerprint density at radius 3 is 2.36 bits per heavy atom. The average molecular weight is 335 g/mol. The van der Waals surface area contributed by atoms with Crippen LogP contribution in [0, 0.1) is 5.92 Å². The van der Waals surface area contributed by atoms with E-state index in [1.54, 1.807) is 0 Å². The Hall–Kier alpha value is -2.17. The van der Waals surface area contributed by atoms with Crippen LogP contribution in [0.2, 0.25) is 0 Å². The van der Waals surface area contributed by atoms with Crippen molar-refractivity contribution in [1.82, 2.24) is 16.2 Å². The molecule has 1 saturated heterocycles. The van der Waals surface area contributed by atoms with Gasteiger partial charge in [0, 0.05) is 18.5 Å². The zero-order valence-electron chi connectivity index (χ0n) is 14.4. The maximum Gasteiger partial charge on any atom is 0.226 e. The second-order valence-electron chi connectivity index (χ2n) is 7.24. The Labute approximate surface area is 149 Å². The molecule has 4 nitrogen and oxygen atoms in total. The molecule has 130 valence electrons. The van der Waals surface area contributed by atoms with Crippen LogP contribution in [-0.4, -0.2) is 19.0 Å². The first-order chi connectivity index (χ1) is 12.3. The van der Waals surface area contributed by atoms with Gasteiger partial charge >= 0.3 is 0 Å². The van der Waals surface area contributed by atoms with Gasteiger partial charge in [0.05, 0.1) is 12.0 Å². The number of nitrogens with one attached hydrogen (secondary N) is 3. The van der Waals surface area contributed by atoms with Gasteiger partial charge in [0.15, 0.2) is 0 Å². The summed E-state index contributed by atoms with van der Waals surface area (Å²) < 4.78 is 0. The maximum absolute atomic E-state index is 12.9. The van der Waals surface area contributed by atoms with Crippen LogP contribution in [0.4, 0.5) is 0 Å². The van der Waals surface area contributed by atoms with Gasteiger partial charge in [0.2, 0.25) is 5.91 Å². The van der Waals surface area contributed by atoms with Crippen LogP contribution in [0.25, 0.3) is 0 Å². The fourth-order valence-electron chi connectivity index (χ4n) is 4.07. The average Bonchev–Trinajstić information content (AvgIpc) is 3.12. The Kier molecular flexibility index (Phi) is 4.55. The van der Waals surface area contributed by atoms with Crippen molar-refractivity contribution in [2.75, 3.05) is 13.1 Å². The van der Waals surface area contributed by atoms with Gasteiger partial charge in [-0.25, -0.2) is 5.43 Å². The lowest BCUT2D eigenvalue weighted by Crippen LogP contribution is -2.47. The van der Waals surface area contributed by atoms with E-state index in [-0.39, 0.29) is 23.3 Å². The van der Waals surface area contributed by atoms with Crippen molar-refractivity contribution in [1.29, 1.82) is 0 Å². The second kappa shape index (κ2) is 6.98. The molecule has 4 rings (SSSR count). The minimum Gasteiger partial charge on any atom is -0.355 e. The summed E-state index contributed by atoms with van der Waals surface area (Å²) in [6.45, 7) is 1.39. The van der Waals surface area contributed by atoms with Gasteiger partial charge in [0.1, 0.15) is 0 Å². The summed E-state index contributed by atoms with van der Waals surface area (Å²) in [5, 5.41) is 3.25. The molecular weight excluding hydrogens is 310 g/mol. The number of hydrazine groups is 1. The van der Waals surface area contributed by atoms with Crippen molar-refractivity contribution < 1.29 is 4.79 Å². The first kappa shape index (κ1) is 16.3. The third-order valence-electron chi connectivity index (χ3n) is 5.78. The van der Waals surface area contributed by atoms with E-state index in [9.17, 15) is 4.79 Å². The number of benzene rings is 2. The Bertz CT molecular complexity index is 712. The van der Waals surface area contributed by atoms with Crippen LogP contribution in [0.15, 0.2) is 60.7 Å². The maximum atomic E-state index is 12.9. The second-order valence-corrected chi connectivity index (χ2v) is 7.24. The van der Waals surface area contributed by atoms with Crippen LogP contribution in [0.1, 0.15) is 36.4 Å². The molecule has 0 bridgehead atoms. The van der Waals surface area contributed by atoms with Gasteiger partial charge in [-0.3, -0.25) is 10.2 Å². The van der Waals surface area contributed by atoms with Crippen LogP contribution in [-0.2, 0) is 10.2 Å². The van der Waals surface area contributed by atoms with E-state index in [0.29, 0.717) is 6.54 Å². The molecule has 1 aliphatic heterocycles. The van der Waals surface area contributed by atoms with Crippen molar-refractivity contribution in [2.45, 2.75) is 30.7 Å². The molecule has 0 spiro atoms. The Morgan fingerprint density at radius 2 is 1.72 bits per heavy atom. The zero-order chi connectivity index (χ0) is 17.1. The normalized spacial score (nSPS) is 24.5. The van der Waals surface area contributed by atoms with E-state index >= 15 is 0 Å². The monoisotopic (exact) mass is 335 g/mol. The third kappa shape index (κ3) is 3.20. The molecule has 2 aromatic carbocycles. The SMILES string of the molecule is O=C(NCC1(c2ccccc2)CCC1)C1CNNC1c1ccccc1. The van der Waals surface area contributed by atoms with Crippen molar-refractivity contribution >= 4 is 5.91 Å². The fourth-order valence-corrected chi connectivity index (χ4v) is 4.07. The molecule has 0 radical (unpaired) electrons. The predicted octanol–water partition coefficient (Wildman–Crippen LogP) is 2.69. The summed E-state index contributed by atoms with van der Waals surface area (Å²) in [6, 6.07) is 20.8. The van der Waals surface area contributed by atoms with Gasteiger partial charge in [-0.1, -0.05) is 67.1 Å². The Morgan fingerprint density at radius 1 is 1.04 bits per heavy atom. The van der Waals surface area contributed by atoms with Gasteiger partial charge in [-0.15, -0.1) is 0 Å². The van der Waals surface area contributed by atoms with Crippen LogP contribution < -0.4 is 16.2 Å². The first-order valence-electron chi connectivity index (χ1n) is 9.15. The predicted molar refractivity (Wildman–Crippen MR) is 98.8 cm³/mol. The molecule has 2 aromatic rings. The summed E-state index contributed by atoms with van der Waals surface area (Å²) in [6.07, 6.45) is 3.55. The van der Waals surface area contributed by atoms with Crippen molar-refractivity contribution in [3.8, 4) is 0 Å². The standard InChI is InChI=1S/C21H25N3O/c25-20(18-14-23-24-19(18)16-8-3-1-4-9-16)22-15-21(12-7-13-21)17-10-5-2-6-11-17/h1-6,8-11,18-19,23-24H,7,12-15H2,(H,22,25). The number of carbonyl (C=O) groups excluding carboxylic acids is 1. The summed E-state index contributed by atoms with van der Waals surface area (Å²) in [5.41, 5.74) is 9.02. The van der Waals surface area contributed by atoms with Crippen LogP contribution in [0.3, 0.4) is 0 Å². The smallest absolute Gasteiger partial charge is 0.226 e. The number of hydrogen-bond acceptors (Lipinski definition) is 3. The summed E-state index contributed by atoms with van der Waals surface area (Å²) in [7, 11) is 0.